The van der Waals surface area contributed by atoms with Gasteiger partial charge in [-0.1, -0.05) is 24.3 Å². The van der Waals surface area contributed by atoms with Gasteiger partial charge in [0, 0.05) is 0 Å². The molecular weight excluding hydrogens is 200 g/mol. The molecule has 14 heavy (non-hydrogen) atoms. The molecule has 0 aliphatic rings. The number of hydrogen-bond donors (Lipinski definition) is 1. The van der Waals surface area contributed by atoms with Crippen LogP contribution < -0.4 is 0 Å². The molecule has 1 N–H and O–H groups in total. The Balaban J connectivity index is 2.75. The van der Waals surface area contributed by atoms with Gasteiger partial charge in [-0.05, 0) is 29.0 Å². The summed E-state index contributed by atoms with van der Waals surface area (Å²) >= 11 is 0. The van der Waals surface area contributed by atoms with Crippen LogP contribution in [0.3, 0.4) is 0 Å². The first-order valence-electron chi connectivity index (χ1n) is 3.95. The van der Waals surface area contributed by atoms with E-state index in [1.807, 2.05) is 12.1 Å². The fourth-order valence-corrected chi connectivity index (χ4v) is 1.73. The lowest BCUT2D eigenvalue weighted by Crippen LogP contribution is -1.97. The molecule has 0 heterocycles. The lowest BCUT2D eigenvalue weighted by molar-refractivity contribution is 0.483. The Bertz CT molecular complexity index is 573. The Morgan fingerprint density at radius 1 is 1.21 bits per heavy atom. The molecular formula is C10H7O3S. The minimum absolute atomic E-state index is 0.129. The van der Waals surface area contributed by atoms with E-state index >= 15 is 0 Å². The van der Waals surface area contributed by atoms with Gasteiger partial charge in [-0.15, -0.1) is 0 Å². The van der Waals surface area contributed by atoms with Crippen LogP contribution in [0.2, 0.25) is 0 Å². The quantitative estimate of drug-likeness (QED) is 0.726. The Morgan fingerprint density at radius 2 is 1.93 bits per heavy atom. The predicted molar refractivity (Wildman–Crippen MR) is 52.6 cm³/mol. The van der Waals surface area contributed by atoms with Crippen LogP contribution in [0.15, 0.2) is 41.3 Å². The van der Waals surface area contributed by atoms with Gasteiger partial charge in [-0.25, -0.2) is 0 Å². The molecule has 0 aliphatic carbocycles. The van der Waals surface area contributed by atoms with Gasteiger partial charge in [0.25, 0.3) is 10.1 Å². The molecule has 0 bridgehead atoms. The van der Waals surface area contributed by atoms with Crippen molar-refractivity contribution in [2.24, 2.45) is 0 Å². The molecule has 2 rings (SSSR count). The fourth-order valence-electron chi connectivity index (χ4n) is 1.25. The van der Waals surface area contributed by atoms with E-state index in [9.17, 15) is 8.42 Å². The molecule has 0 saturated carbocycles. The van der Waals surface area contributed by atoms with E-state index in [4.69, 9.17) is 4.55 Å². The smallest absolute Gasteiger partial charge is 0.282 e. The standard InChI is InChI=1S/C10H7O3S/c11-14(12,13)10-6-5-8-3-1-2-4-9(8)7-10/h1-4,6-7H,(H,11,12,13). The lowest BCUT2D eigenvalue weighted by Gasteiger charge is -1.99. The second kappa shape index (κ2) is 3.08. The van der Waals surface area contributed by atoms with Crippen LogP contribution >= 0.6 is 0 Å². The molecule has 0 unspecified atom stereocenters. The van der Waals surface area contributed by atoms with E-state index in [1.165, 1.54) is 12.1 Å². The Kier molecular flexibility index (Phi) is 2.02. The van der Waals surface area contributed by atoms with Crippen LogP contribution in [0.4, 0.5) is 0 Å². The van der Waals surface area contributed by atoms with Crippen LogP contribution in [-0.2, 0) is 10.1 Å². The molecule has 0 atom stereocenters. The highest BCUT2D eigenvalue weighted by molar-refractivity contribution is 7.85. The second-order valence-electron chi connectivity index (χ2n) is 2.90. The van der Waals surface area contributed by atoms with Gasteiger partial charge in [0.15, 0.2) is 0 Å². The van der Waals surface area contributed by atoms with Crippen LogP contribution in [0.25, 0.3) is 10.8 Å². The molecule has 0 aromatic heterocycles. The summed E-state index contributed by atoms with van der Waals surface area (Å²) in [5.74, 6) is 0. The molecule has 71 valence electrons. The van der Waals surface area contributed by atoms with Crippen LogP contribution in [0, 0.1) is 6.07 Å². The topological polar surface area (TPSA) is 54.4 Å². The lowest BCUT2D eigenvalue weighted by atomic mass is 10.1. The van der Waals surface area contributed by atoms with Crippen LogP contribution in [0.5, 0.6) is 0 Å². The van der Waals surface area contributed by atoms with Crippen molar-refractivity contribution in [2.75, 3.05) is 0 Å². The summed E-state index contributed by atoms with van der Waals surface area (Å²) in [6, 6.07) is 12.7. The van der Waals surface area contributed by atoms with Crippen molar-refractivity contribution in [1.29, 1.82) is 0 Å². The number of rotatable bonds is 1. The third-order valence-corrected chi connectivity index (χ3v) is 2.76. The van der Waals surface area contributed by atoms with Crippen molar-refractivity contribution in [3.05, 3.63) is 42.5 Å². The average Bonchev–Trinajstić information content (AvgIpc) is 2.16. The maximum atomic E-state index is 10.8. The monoisotopic (exact) mass is 207 g/mol. The zero-order chi connectivity index (χ0) is 10.2. The summed E-state index contributed by atoms with van der Waals surface area (Å²) < 4.78 is 30.4. The van der Waals surface area contributed by atoms with Crippen molar-refractivity contribution in [1.82, 2.24) is 0 Å². The average molecular weight is 207 g/mol. The normalized spacial score (nSPS) is 11.8. The van der Waals surface area contributed by atoms with Gasteiger partial charge in [0.1, 0.15) is 0 Å². The van der Waals surface area contributed by atoms with E-state index in [0.717, 1.165) is 10.8 Å². The van der Waals surface area contributed by atoms with Gasteiger partial charge < -0.3 is 0 Å². The van der Waals surface area contributed by atoms with Crippen molar-refractivity contribution in [3.63, 3.8) is 0 Å². The summed E-state index contributed by atoms with van der Waals surface area (Å²) in [6.07, 6.45) is 0. The maximum Gasteiger partial charge on any atom is 0.294 e. The van der Waals surface area contributed by atoms with E-state index in [0.29, 0.717) is 0 Å². The molecule has 0 spiro atoms. The van der Waals surface area contributed by atoms with E-state index in [-0.39, 0.29) is 4.90 Å². The fraction of sp³-hybridized carbons (Fsp3) is 0. The summed E-state index contributed by atoms with van der Waals surface area (Å²) in [7, 11) is -4.13. The Morgan fingerprint density at radius 3 is 2.64 bits per heavy atom. The molecule has 4 heteroatoms. The van der Waals surface area contributed by atoms with Gasteiger partial charge in [0.2, 0.25) is 0 Å². The zero-order valence-corrected chi connectivity index (χ0v) is 7.95. The molecule has 0 saturated heterocycles. The van der Waals surface area contributed by atoms with Crippen LogP contribution in [-0.4, -0.2) is 13.0 Å². The van der Waals surface area contributed by atoms with Gasteiger partial charge in [-0.3, -0.25) is 4.55 Å². The minimum Gasteiger partial charge on any atom is -0.282 e. The first-order chi connectivity index (χ1) is 6.57. The van der Waals surface area contributed by atoms with E-state index in [2.05, 4.69) is 6.07 Å². The second-order valence-corrected chi connectivity index (χ2v) is 4.32. The molecule has 0 amide bonds. The first-order valence-corrected chi connectivity index (χ1v) is 5.39. The molecule has 0 aliphatic heterocycles. The van der Waals surface area contributed by atoms with Gasteiger partial charge >= 0.3 is 0 Å². The van der Waals surface area contributed by atoms with Crippen LogP contribution in [0.1, 0.15) is 0 Å². The Hall–Kier alpha value is -1.39. The van der Waals surface area contributed by atoms with Gasteiger partial charge in [-0.2, -0.15) is 8.42 Å². The summed E-state index contributed by atoms with van der Waals surface area (Å²) in [5, 5.41) is 1.56. The van der Waals surface area contributed by atoms with E-state index in [1.54, 1.807) is 12.1 Å². The highest BCUT2D eigenvalue weighted by Gasteiger charge is 2.09. The number of fused-ring (bicyclic) bond motifs is 1. The third-order valence-electron chi connectivity index (χ3n) is 1.93. The molecule has 0 fully saturated rings. The number of hydrogen-bond acceptors (Lipinski definition) is 2. The van der Waals surface area contributed by atoms with Crippen molar-refractivity contribution in [2.45, 2.75) is 4.90 Å². The largest absolute Gasteiger partial charge is 0.294 e. The summed E-state index contributed by atoms with van der Waals surface area (Å²) in [5.41, 5.74) is 0. The predicted octanol–water partition coefficient (Wildman–Crippen LogP) is 1.89. The highest BCUT2D eigenvalue weighted by Crippen LogP contribution is 2.17. The molecule has 3 nitrogen and oxygen atoms in total. The van der Waals surface area contributed by atoms with Gasteiger partial charge in [0.05, 0.1) is 4.90 Å². The number of benzene rings is 2. The Labute approximate surface area is 81.7 Å². The summed E-state index contributed by atoms with van der Waals surface area (Å²) in [6.45, 7) is 0. The van der Waals surface area contributed by atoms with Crippen molar-refractivity contribution >= 4 is 20.9 Å². The molecule has 2 aromatic carbocycles. The van der Waals surface area contributed by atoms with E-state index < -0.39 is 10.1 Å². The van der Waals surface area contributed by atoms with Crippen molar-refractivity contribution in [3.8, 4) is 0 Å². The summed E-state index contributed by atoms with van der Waals surface area (Å²) in [4.78, 5) is -0.129. The molecule has 1 radical (unpaired) electrons. The zero-order valence-electron chi connectivity index (χ0n) is 7.14. The van der Waals surface area contributed by atoms with Crippen molar-refractivity contribution < 1.29 is 13.0 Å². The SMILES string of the molecule is O=S(=O)(O)c1c[c]c2ccccc2c1. The maximum absolute atomic E-state index is 10.8. The highest BCUT2D eigenvalue weighted by atomic mass is 32.2. The minimum atomic E-state index is -4.13. The first kappa shape index (κ1) is 9.18. The molecule has 2 aromatic rings. The third kappa shape index (κ3) is 1.62.